The topological polar surface area (TPSA) is 17.3 Å². The Hall–Kier alpha value is -2.91. The molecule has 0 saturated heterocycles. The summed E-state index contributed by atoms with van der Waals surface area (Å²) in [4.78, 5) is 4.66. The average Bonchev–Trinajstić information content (AvgIpc) is 3.02. The number of benzene rings is 3. The molecule has 0 fully saturated rings. The number of hydrogen-bond donors (Lipinski definition) is 0. The molecule has 0 aliphatic carbocycles. The molecule has 0 saturated carbocycles. The number of fused-ring (bicyclic) bond motifs is 5. The van der Waals surface area contributed by atoms with E-state index in [1.54, 1.807) is 6.07 Å². The van der Waals surface area contributed by atoms with E-state index in [9.17, 15) is 4.39 Å². The van der Waals surface area contributed by atoms with Crippen LogP contribution in [0, 0.1) is 5.82 Å². The van der Waals surface area contributed by atoms with Crippen LogP contribution < -0.4 is 0 Å². The molecule has 3 aromatic carbocycles. The van der Waals surface area contributed by atoms with Gasteiger partial charge in [-0.2, -0.15) is 0 Å². The molecule has 0 spiro atoms. The molecule has 0 atom stereocenters. The second-order valence-electron chi connectivity index (χ2n) is 6.01. The van der Waals surface area contributed by atoms with Crippen molar-refractivity contribution in [3.63, 3.8) is 0 Å². The van der Waals surface area contributed by atoms with Crippen LogP contribution in [0.1, 0.15) is 0 Å². The molecule has 0 aliphatic rings. The van der Waals surface area contributed by atoms with Crippen molar-refractivity contribution in [2.24, 2.45) is 0 Å². The quantitative estimate of drug-likeness (QED) is 0.358. The van der Waals surface area contributed by atoms with Crippen LogP contribution in [0.4, 0.5) is 4.39 Å². The van der Waals surface area contributed by atoms with E-state index in [0.717, 1.165) is 27.7 Å². The summed E-state index contributed by atoms with van der Waals surface area (Å²) in [6.45, 7) is 0. The minimum atomic E-state index is -0.417. The molecule has 5 aromatic rings. The summed E-state index contributed by atoms with van der Waals surface area (Å²) in [6.07, 6.45) is 0. The highest BCUT2D eigenvalue weighted by molar-refractivity contribution is 6.31. The second-order valence-corrected chi connectivity index (χ2v) is 6.44. The highest BCUT2D eigenvalue weighted by Crippen LogP contribution is 2.33. The van der Waals surface area contributed by atoms with Crippen LogP contribution >= 0.6 is 11.6 Å². The zero-order valence-corrected chi connectivity index (χ0v) is 13.8. The molecule has 2 nitrogen and oxygen atoms in total. The zero-order valence-electron chi connectivity index (χ0n) is 13.1. The van der Waals surface area contributed by atoms with E-state index in [1.165, 1.54) is 6.07 Å². The molecule has 2 aromatic heterocycles. The van der Waals surface area contributed by atoms with E-state index in [2.05, 4.69) is 11.1 Å². The predicted molar refractivity (Wildman–Crippen MR) is 101 cm³/mol. The Bertz CT molecular complexity index is 1260. The lowest BCUT2D eigenvalue weighted by Crippen LogP contribution is -1.97. The van der Waals surface area contributed by atoms with E-state index in [4.69, 9.17) is 11.6 Å². The molecule has 2 heterocycles. The average molecular weight is 347 g/mol. The van der Waals surface area contributed by atoms with Gasteiger partial charge in [0.05, 0.1) is 22.2 Å². The van der Waals surface area contributed by atoms with Gasteiger partial charge in [0.25, 0.3) is 0 Å². The smallest absolute Gasteiger partial charge is 0.152 e. The molecular weight excluding hydrogens is 335 g/mol. The Labute approximate surface area is 148 Å². The summed E-state index contributed by atoms with van der Waals surface area (Å²) < 4.78 is 16.7. The maximum atomic E-state index is 14.6. The molecule has 120 valence electrons. The minimum Gasteiger partial charge on any atom is -0.305 e. The normalized spacial score (nSPS) is 11.6. The van der Waals surface area contributed by atoms with E-state index in [0.29, 0.717) is 16.1 Å². The Morgan fingerprint density at radius 2 is 1.56 bits per heavy atom. The largest absolute Gasteiger partial charge is 0.305 e. The molecule has 0 N–H and O–H groups in total. The number of nitrogens with zero attached hydrogens (tertiary/aromatic N) is 2. The summed E-state index contributed by atoms with van der Waals surface area (Å²) in [5, 5.41) is 1.44. The van der Waals surface area contributed by atoms with Gasteiger partial charge in [-0.1, -0.05) is 60.1 Å². The maximum absolute atomic E-state index is 14.6. The van der Waals surface area contributed by atoms with Crippen molar-refractivity contribution in [2.75, 3.05) is 0 Å². The third-order valence-electron chi connectivity index (χ3n) is 4.47. The molecular formula is C21H12ClFN2. The number of rotatable bonds is 1. The number of halogens is 2. The Kier molecular flexibility index (Phi) is 3.06. The predicted octanol–water partition coefficient (Wildman–Crippen LogP) is 6.10. The summed E-state index contributed by atoms with van der Waals surface area (Å²) in [5.41, 5.74) is 4.63. The van der Waals surface area contributed by atoms with Gasteiger partial charge in [0.15, 0.2) is 5.82 Å². The monoisotopic (exact) mass is 346 g/mol. The fraction of sp³-hybridized carbons (Fsp3) is 0. The van der Waals surface area contributed by atoms with Crippen LogP contribution in [0.5, 0.6) is 0 Å². The first-order valence-corrected chi connectivity index (χ1v) is 8.34. The standard InChI is InChI=1S/C21H12ClFN2/c22-15-11-16(23)21-19(12-15)25-17-9-5-4-8-14(17)10-18(25)20(24-21)13-6-2-1-3-7-13/h1-12H. The summed E-state index contributed by atoms with van der Waals surface area (Å²) >= 11 is 6.12. The van der Waals surface area contributed by atoms with Crippen molar-refractivity contribution in [2.45, 2.75) is 0 Å². The molecule has 0 amide bonds. The van der Waals surface area contributed by atoms with E-state index in [-0.39, 0.29) is 0 Å². The van der Waals surface area contributed by atoms with Crippen molar-refractivity contribution in [3.05, 3.63) is 83.6 Å². The van der Waals surface area contributed by atoms with Crippen molar-refractivity contribution >= 4 is 39.1 Å². The highest BCUT2D eigenvalue weighted by Gasteiger charge is 2.16. The van der Waals surface area contributed by atoms with Gasteiger partial charge in [-0.25, -0.2) is 9.37 Å². The lowest BCUT2D eigenvalue weighted by atomic mass is 10.1. The van der Waals surface area contributed by atoms with Crippen molar-refractivity contribution in [1.29, 1.82) is 0 Å². The second kappa shape index (κ2) is 5.30. The van der Waals surface area contributed by atoms with Crippen LogP contribution in [-0.2, 0) is 0 Å². The maximum Gasteiger partial charge on any atom is 0.152 e. The van der Waals surface area contributed by atoms with Gasteiger partial charge in [0.2, 0.25) is 0 Å². The molecule has 5 rings (SSSR count). The minimum absolute atomic E-state index is 0.317. The van der Waals surface area contributed by atoms with Gasteiger partial charge < -0.3 is 4.40 Å². The number of aromatic nitrogens is 2. The lowest BCUT2D eigenvalue weighted by Gasteiger charge is -2.10. The van der Waals surface area contributed by atoms with Crippen molar-refractivity contribution in [3.8, 4) is 11.3 Å². The summed E-state index contributed by atoms with van der Waals surface area (Å²) in [5.74, 6) is -0.417. The summed E-state index contributed by atoms with van der Waals surface area (Å²) in [6, 6.07) is 23.0. The molecule has 0 bridgehead atoms. The highest BCUT2D eigenvalue weighted by atomic mass is 35.5. The Morgan fingerprint density at radius 1 is 0.800 bits per heavy atom. The van der Waals surface area contributed by atoms with Crippen LogP contribution in [0.2, 0.25) is 5.02 Å². The molecule has 0 radical (unpaired) electrons. The van der Waals surface area contributed by atoms with E-state index >= 15 is 0 Å². The molecule has 0 unspecified atom stereocenters. The van der Waals surface area contributed by atoms with Gasteiger partial charge >= 0.3 is 0 Å². The lowest BCUT2D eigenvalue weighted by molar-refractivity contribution is 0.636. The first-order valence-electron chi connectivity index (χ1n) is 7.97. The van der Waals surface area contributed by atoms with Gasteiger partial charge in [-0.05, 0) is 24.3 Å². The summed E-state index contributed by atoms with van der Waals surface area (Å²) in [7, 11) is 0. The van der Waals surface area contributed by atoms with Crippen LogP contribution in [0.3, 0.4) is 0 Å². The van der Waals surface area contributed by atoms with Gasteiger partial charge in [-0.3, -0.25) is 0 Å². The molecule has 0 aliphatic heterocycles. The fourth-order valence-electron chi connectivity index (χ4n) is 3.40. The zero-order chi connectivity index (χ0) is 17.0. The van der Waals surface area contributed by atoms with Crippen molar-refractivity contribution in [1.82, 2.24) is 9.38 Å². The van der Waals surface area contributed by atoms with Crippen LogP contribution in [-0.4, -0.2) is 9.38 Å². The third-order valence-corrected chi connectivity index (χ3v) is 4.69. The Morgan fingerprint density at radius 3 is 2.40 bits per heavy atom. The first-order chi connectivity index (χ1) is 12.2. The van der Waals surface area contributed by atoms with Crippen LogP contribution in [0.25, 0.3) is 38.7 Å². The Balaban J connectivity index is 2.07. The molecule has 4 heteroatoms. The molecule has 25 heavy (non-hydrogen) atoms. The van der Waals surface area contributed by atoms with Gasteiger partial charge in [0, 0.05) is 16.0 Å². The van der Waals surface area contributed by atoms with E-state index in [1.807, 2.05) is 59.0 Å². The fourth-order valence-corrected chi connectivity index (χ4v) is 3.60. The number of para-hydroxylation sites is 1. The van der Waals surface area contributed by atoms with Crippen LogP contribution in [0.15, 0.2) is 72.8 Å². The van der Waals surface area contributed by atoms with Gasteiger partial charge in [-0.15, -0.1) is 0 Å². The third kappa shape index (κ3) is 2.13. The van der Waals surface area contributed by atoms with E-state index < -0.39 is 5.82 Å². The SMILES string of the molecule is Fc1cc(Cl)cc2c1nc(-c1ccccc1)c1cc3ccccc3n12. The van der Waals surface area contributed by atoms with Gasteiger partial charge in [0.1, 0.15) is 5.52 Å². The van der Waals surface area contributed by atoms with Crippen molar-refractivity contribution < 1.29 is 4.39 Å². The first kappa shape index (κ1) is 14.4. The number of hydrogen-bond acceptors (Lipinski definition) is 1.